The molecule has 0 spiro atoms. The number of nitrogens with one attached hydrogen (secondary N) is 2. The zero-order valence-corrected chi connectivity index (χ0v) is 17.9. The van der Waals surface area contributed by atoms with Crippen molar-refractivity contribution in [1.29, 1.82) is 0 Å². The van der Waals surface area contributed by atoms with Crippen molar-refractivity contribution >= 4 is 16.8 Å². The van der Waals surface area contributed by atoms with E-state index in [1.54, 1.807) is 0 Å². The van der Waals surface area contributed by atoms with Crippen LogP contribution in [0.15, 0.2) is 24.4 Å². The second kappa shape index (κ2) is 7.79. The molecular formula is C25H35N3O. The highest BCUT2D eigenvalue weighted by atomic mass is 16.2. The Balaban J connectivity index is 1.50. The minimum absolute atomic E-state index is 0.147. The molecule has 0 saturated heterocycles. The van der Waals surface area contributed by atoms with E-state index in [-0.39, 0.29) is 18.0 Å². The maximum atomic E-state index is 13.2. The van der Waals surface area contributed by atoms with Gasteiger partial charge in [-0.2, -0.15) is 0 Å². The Morgan fingerprint density at radius 2 is 2.00 bits per heavy atom. The predicted molar refractivity (Wildman–Crippen MR) is 118 cm³/mol. The number of amides is 1. The number of nitrogens with zero attached hydrogens (tertiary/aromatic N) is 1. The number of carbonyl (C=O) groups excluding carboxylic acids is 1. The van der Waals surface area contributed by atoms with Crippen molar-refractivity contribution in [3.8, 4) is 0 Å². The third kappa shape index (κ3) is 3.96. The minimum Gasteiger partial charge on any atom is -0.352 e. The van der Waals surface area contributed by atoms with Crippen molar-refractivity contribution in [2.45, 2.75) is 89.9 Å². The van der Waals surface area contributed by atoms with Gasteiger partial charge in [0.05, 0.1) is 6.04 Å². The Hall–Kier alpha value is -1.81. The van der Waals surface area contributed by atoms with Gasteiger partial charge in [-0.25, -0.2) is 0 Å². The lowest BCUT2D eigenvalue weighted by atomic mass is 9.94. The van der Waals surface area contributed by atoms with Gasteiger partial charge in [-0.3, -0.25) is 10.1 Å². The maximum absolute atomic E-state index is 13.2. The molecule has 2 aromatic rings. The van der Waals surface area contributed by atoms with Gasteiger partial charge in [0.2, 0.25) is 5.91 Å². The molecule has 4 nitrogen and oxygen atoms in total. The molecule has 2 N–H and O–H groups in total. The van der Waals surface area contributed by atoms with Crippen LogP contribution in [0.3, 0.4) is 0 Å². The van der Waals surface area contributed by atoms with Crippen molar-refractivity contribution in [3.05, 3.63) is 35.5 Å². The first kappa shape index (κ1) is 19.2. The van der Waals surface area contributed by atoms with E-state index in [2.05, 4.69) is 53.4 Å². The highest BCUT2D eigenvalue weighted by molar-refractivity contribution is 5.90. The van der Waals surface area contributed by atoms with Crippen LogP contribution in [0.25, 0.3) is 10.9 Å². The number of rotatable bonds is 6. The fraction of sp³-hybridized carbons (Fsp3) is 0.640. The molecule has 2 atom stereocenters. The number of hydrogen-bond donors (Lipinski definition) is 2. The van der Waals surface area contributed by atoms with E-state index >= 15 is 0 Å². The largest absolute Gasteiger partial charge is 0.352 e. The van der Waals surface area contributed by atoms with E-state index in [0.29, 0.717) is 12.0 Å². The molecule has 1 aromatic heterocycles. The lowest BCUT2D eigenvalue weighted by molar-refractivity contribution is -0.124. The SMILES string of the molecule is CC(C)C[C@@H]1N[C@H](C(=O)NC2CCCC2)Cc2cn(CC3CC3)c3cccc1c23. The number of benzene rings is 1. The van der Waals surface area contributed by atoms with E-state index in [1.807, 2.05) is 0 Å². The van der Waals surface area contributed by atoms with Gasteiger partial charge < -0.3 is 9.88 Å². The van der Waals surface area contributed by atoms with Gasteiger partial charge in [-0.05, 0) is 67.6 Å². The van der Waals surface area contributed by atoms with Crippen LogP contribution in [0.5, 0.6) is 0 Å². The molecule has 2 fully saturated rings. The van der Waals surface area contributed by atoms with Crippen LogP contribution in [0, 0.1) is 11.8 Å². The third-order valence-corrected chi connectivity index (χ3v) is 7.10. The molecule has 2 aliphatic carbocycles. The van der Waals surface area contributed by atoms with Crippen molar-refractivity contribution < 1.29 is 4.79 Å². The smallest absolute Gasteiger partial charge is 0.237 e. The van der Waals surface area contributed by atoms with Gasteiger partial charge in [-0.15, -0.1) is 0 Å². The summed E-state index contributed by atoms with van der Waals surface area (Å²) < 4.78 is 2.47. The van der Waals surface area contributed by atoms with E-state index < -0.39 is 0 Å². The molecule has 0 unspecified atom stereocenters. The molecule has 29 heavy (non-hydrogen) atoms. The molecule has 3 aliphatic rings. The van der Waals surface area contributed by atoms with Crippen molar-refractivity contribution in [2.75, 3.05) is 0 Å². The topological polar surface area (TPSA) is 46.1 Å². The predicted octanol–water partition coefficient (Wildman–Crippen LogP) is 4.71. The molecule has 5 rings (SSSR count). The zero-order valence-electron chi connectivity index (χ0n) is 17.9. The van der Waals surface area contributed by atoms with Gasteiger partial charge in [-0.1, -0.05) is 38.8 Å². The van der Waals surface area contributed by atoms with Crippen LogP contribution in [0.4, 0.5) is 0 Å². The molecule has 0 radical (unpaired) electrons. The molecular weight excluding hydrogens is 358 g/mol. The van der Waals surface area contributed by atoms with E-state index in [4.69, 9.17) is 0 Å². The molecule has 4 heteroatoms. The van der Waals surface area contributed by atoms with Crippen LogP contribution < -0.4 is 10.6 Å². The second-order valence-corrected chi connectivity index (χ2v) is 10.1. The van der Waals surface area contributed by atoms with Gasteiger partial charge in [0.15, 0.2) is 0 Å². The van der Waals surface area contributed by atoms with Crippen molar-refractivity contribution in [3.63, 3.8) is 0 Å². The molecule has 1 aromatic carbocycles. The van der Waals surface area contributed by atoms with Crippen LogP contribution >= 0.6 is 0 Å². The third-order valence-electron chi connectivity index (χ3n) is 7.10. The summed E-state index contributed by atoms with van der Waals surface area (Å²) >= 11 is 0. The number of carbonyl (C=O) groups is 1. The van der Waals surface area contributed by atoms with Crippen LogP contribution in [0.2, 0.25) is 0 Å². The number of hydrogen-bond acceptors (Lipinski definition) is 2. The van der Waals surface area contributed by atoms with Gasteiger partial charge in [0.25, 0.3) is 0 Å². The number of aromatic nitrogens is 1. The first-order valence-electron chi connectivity index (χ1n) is 11.8. The average molecular weight is 394 g/mol. The van der Waals surface area contributed by atoms with Crippen LogP contribution in [0.1, 0.15) is 76.0 Å². The standard InChI is InChI=1S/C25H35N3O/c1-16(2)12-21-20-8-5-9-23-24(20)18(15-28(23)14-17-10-11-17)13-22(27-21)25(29)26-19-6-3-4-7-19/h5,8-9,15-17,19,21-22,27H,3-4,6-7,10-14H2,1-2H3,(H,26,29)/t21-,22-/m0/s1. The molecule has 1 aliphatic heterocycles. The quantitative estimate of drug-likeness (QED) is 0.746. The average Bonchev–Trinajstić information content (AvgIpc) is 3.28. The normalized spacial score (nSPS) is 24.9. The first-order valence-corrected chi connectivity index (χ1v) is 11.8. The molecule has 0 bridgehead atoms. The zero-order chi connectivity index (χ0) is 20.0. The van der Waals surface area contributed by atoms with Crippen molar-refractivity contribution in [2.24, 2.45) is 11.8 Å². The van der Waals surface area contributed by atoms with Crippen molar-refractivity contribution in [1.82, 2.24) is 15.2 Å². The summed E-state index contributed by atoms with van der Waals surface area (Å²) in [5.41, 5.74) is 4.09. The summed E-state index contributed by atoms with van der Waals surface area (Å²) in [7, 11) is 0. The van der Waals surface area contributed by atoms with Crippen LogP contribution in [-0.4, -0.2) is 22.6 Å². The van der Waals surface area contributed by atoms with E-state index in [9.17, 15) is 4.79 Å². The summed E-state index contributed by atoms with van der Waals surface area (Å²) in [6, 6.07) is 7.22. The molecule has 2 heterocycles. The molecule has 1 amide bonds. The summed E-state index contributed by atoms with van der Waals surface area (Å²) in [5, 5.41) is 8.52. The Kier molecular flexibility index (Phi) is 5.15. The van der Waals surface area contributed by atoms with Gasteiger partial charge in [0, 0.05) is 35.7 Å². The maximum Gasteiger partial charge on any atom is 0.237 e. The first-order chi connectivity index (χ1) is 14.1. The molecule has 156 valence electrons. The Bertz CT molecular complexity index is 889. The Labute approximate surface area is 174 Å². The van der Waals surface area contributed by atoms with E-state index in [0.717, 1.165) is 38.1 Å². The Morgan fingerprint density at radius 3 is 2.72 bits per heavy atom. The fourth-order valence-corrected chi connectivity index (χ4v) is 5.46. The summed E-state index contributed by atoms with van der Waals surface area (Å²) in [5.74, 6) is 1.62. The van der Waals surface area contributed by atoms with E-state index in [1.165, 1.54) is 47.7 Å². The van der Waals surface area contributed by atoms with Crippen LogP contribution in [-0.2, 0) is 17.8 Å². The van der Waals surface area contributed by atoms with Gasteiger partial charge in [0.1, 0.15) is 0 Å². The lowest BCUT2D eigenvalue weighted by Gasteiger charge is -2.26. The summed E-state index contributed by atoms with van der Waals surface area (Å²) in [4.78, 5) is 13.2. The lowest BCUT2D eigenvalue weighted by Crippen LogP contribution is -2.49. The second-order valence-electron chi connectivity index (χ2n) is 10.1. The highest BCUT2D eigenvalue weighted by Gasteiger charge is 2.32. The monoisotopic (exact) mass is 393 g/mol. The summed E-state index contributed by atoms with van der Waals surface area (Å²) in [6.07, 6.45) is 11.7. The molecule has 2 saturated carbocycles. The summed E-state index contributed by atoms with van der Waals surface area (Å²) in [6.45, 7) is 5.68. The fourth-order valence-electron chi connectivity index (χ4n) is 5.46. The van der Waals surface area contributed by atoms with Gasteiger partial charge >= 0.3 is 0 Å². The minimum atomic E-state index is -0.147. The Morgan fingerprint density at radius 1 is 1.21 bits per heavy atom. The highest BCUT2D eigenvalue weighted by Crippen LogP contribution is 2.38.